The Hall–Kier alpha value is -0.120. The van der Waals surface area contributed by atoms with Crippen LogP contribution in [-0.4, -0.2) is 29.1 Å². The van der Waals surface area contributed by atoms with E-state index in [-0.39, 0.29) is 0 Å². The van der Waals surface area contributed by atoms with Crippen molar-refractivity contribution >= 4 is 23.5 Å². The molecular weight excluding hydrogens is 246 g/mol. The van der Waals surface area contributed by atoms with Crippen LogP contribution in [0.1, 0.15) is 24.1 Å². The highest BCUT2D eigenvalue weighted by atomic mass is 32.2. The fraction of sp³-hybridized carbons (Fsp3) is 0.571. The molecule has 2 unspecified atom stereocenters. The lowest BCUT2D eigenvalue weighted by atomic mass is 9.99. The average molecular weight is 267 g/mol. The van der Waals surface area contributed by atoms with Crippen LogP contribution in [0.5, 0.6) is 0 Å². The largest absolute Gasteiger partial charge is 0.309 e. The van der Waals surface area contributed by atoms with Gasteiger partial charge in [-0.3, -0.25) is 0 Å². The minimum atomic E-state index is 0.513. The third-order valence-corrected chi connectivity index (χ3v) is 6.02. The van der Waals surface area contributed by atoms with Gasteiger partial charge in [0.2, 0.25) is 0 Å². The molecule has 3 heteroatoms. The van der Waals surface area contributed by atoms with Crippen molar-refractivity contribution in [2.75, 3.05) is 23.8 Å². The number of benzene rings is 1. The van der Waals surface area contributed by atoms with Crippen LogP contribution in [0.25, 0.3) is 0 Å². The van der Waals surface area contributed by atoms with Crippen molar-refractivity contribution in [2.45, 2.75) is 25.1 Å². The fourth-order valence-corrected chi connectivity index (χ4v) is 5.16. The Bertz CT molecular complexity index is 348. The molecule has 0 bridgehead atoms. The van der Waals surface area contributed by atoms with E-state index in [0.717, 1.165) is 11.8 Å². The van der Waals surface area contributed by atoms with Crippen LogP contribution in [-0.2, 0) is 0 Å². The maximum atomic E-state index is 3.68. The maximum Gasteiger partial charge on any atom is 0.0451 e. The van der Waals surface area contributed by atoms with E-state index in [9.17, 15) is 0 Å². The summed E-state index contributed by atoms with van der Waals surface area (Å²) in [6.07, 6.45) is 0. The van der Waals surface area contributed by atoms with Crippen LogP contribution >= 0.6 is 23.5 Å². The molecule has 1 aromatic carbocycles. The molecule has 0 saturated carbocycles. The molecule has 1 fully saturated rings. The Morgan fingerprint density at radius 2 is 2.18 bits per heavy atom. The maximum absolute atomic E-state index is 3.68. The van der Waals surface area contributed by atoms with Gasteiger partial charge in [0.05, 0.1) is 0 Å². The van der Waals surface area contributed by atoms with Crippen molar-refractivity contribution in [3.05, 3.63) is 35.4 Å². The summed E-state index contributed by atoms with van der Waals surface area (Å²) in [6.45, 7) is 5.47. The first-order chi connectivity index (χ1) is 8.33. The molecular formula is C14H21NS2. The lowest BCUT2D eigenvalue weighted by molar-refractivity contribution is 0.548. The molecule has 1 aromatic rings. The summed E-state index contributed by atoms with van der Waals surface area (Å²) < 4.78 is 0. The van der Waals surface area contributed by atoms with Crippen LogP contribution in [0.15, 0.2) is 24.3 Å². The first kappa shape index (κ1) is 13.3. The summed E-state index contributed by atoms with van der Waals surface area (Å²) in [5, 5.41) is 4.39. The predicted octanol–water partition coefficient (Wildman–Crippen LogP) is 3.49. The van der Waals surface area contributed by atoms with Crippen LogP contribution in [0, 0.1) is 6.92 Å². The van der Waals surface area contributed by atoms with Crippen molar-refractivity contribution in [3.8, 4) is 0 Å². The van der Waals surface area contributed by atoms with Crippen molar-refractivity contribution in [2.24, 2.45) is 0 Å². The summed E-state index contributed by atoms with van der Waals surface area (Å²) in [5.74, 6) is 3.88. The van der Waals surface area contributed by atoms with E-state index in [1.165, 1.54) is 28.4 Å². The monoisotopic (exact) mass is 267 g/mol. The van der Waals surface area contributed by atoms with Crippen LogP contribution < -0.4 is 5.32 Å². The number of hydrogen-bond donors (Lipinski definition) is 1. The van der Waals surface area contributed by atoms with Crippen LogP contribution in [0.3, 0.4) is 0 Å². The minimum Gasteiger partial charge on any atom is -0.309 e. The van der Waals surface area contributed by atoms with Crippen molar-refractivity contribution in [3.63, 3.8) is 0 Å². The van der Waals surface area contributed by atoms with E-state index >= 15 is 0 Å². The van der Waals surface area contributed by atoms with Gasteiger partial charge in [0.15, 0.2) is 0 Å². The van der Waals surface area contributed by atoms with Crippen molar-refractivity contribution in [1.82, 2.24) is 5.32 Å². The SMILES string of the molecule is CCNC(c1ccccc1C)C1CSCCS1. The molecule has 1 nitrogen and oxygen atoms in total. The fourth-order valence-electron chi connectivity index (χ4n) is 2.30. The molecule has 2 rings (SSSR count). The van der Waals surface area contributed by atoms with Gasteiger partial charge in [0.1, 0.15) is 0 Å². The Labute approximate surface area is 113 Å². The lowest BCUT2D eigenvalue weighted by Crippen LogP contribution is -2.34. The summed E-state index contributed by atoms with van der Waals surface area (Å²) in [4.78, 5) is 0. The van der Waals surface area contributed by atoms with E-state index in [2.05, 4.69) is 67.0 Å². The second kappa shape index (κ2) is 6.72. The number of nitrogens with one attached hydrogen (secondary N) is 1. The number of hydrogen-bond acceptors (Lipinski definition) is 3. The van der Waals surface area contributed by atoms with Crippen molar-refractivity contribution in [1.29, 1.82) is 0 Å². The zero-order valence-corrected chi connectivity index (χ0v) is 12.2. The summed E-state index contributed by atoms with van der Waals surface area (Å²) in [5.41, 5.74) is 2.89. The van der Waals surface area contributed by atoms with Gasteiger partial charge in [-0.1, -0.05) is 31.2 Å². The quantitative estimate of drug-likeness (QED) is 0.897. The number of aryl methyl sites for hydroxylation is 1. The molecule has 0 aromatic heterocycles. The normalized spacial score (nSPS) is 22.4. The minimum absolute atomic E-state index is 0.513. The smallest absolute Gasteiger partial charge is 0.0451 e. The number of thioether (sulfide) groups is 2. The standard InChI is InChI=1S/C14H21NS2/c1-3-15-14(13-10-16-8-9-17-13)12-7-5-4-6-11(12)2/h4-7,13-15H,3,8-10H2,1-2H3. The molecule has 1 aliphatic heterocycles. The second-order valence-electron chi connectivity index (χ2n) is 4.38. The zero-order chi connectivity index (χ0) is 12.1. The molecule has 1 saturated heterocycles. The third-order valence-electron chi connectivity index (χ3n) is 3.16. The van der Waals surface area contributed by atoms with Gasteiger partial charge in [0, 0.05) is 28.6 Å². The summed E-state index contributed by atoms with van der Waals surface area (Å²) in [6, 6.07) is 9.31. The second-order valence-corrected chi connectivity index (χ2v) is 6.87. The average Bonchev–Trinajstić information content (AvgIpc) is 2.38. The predicted molar refractivity (Wildman–Crippen MR) is 81.2 cm³/mol. The van der Waals surface area contributed by atoms with E-state index in [4.69, 9.17) is 0 Å². The first-order valence-electron chi connectivity index (χ1n) is 6.31. The Kier molecular flexibility index (Phi) is 5.26. The van der Waals surface area contributed by atoms with E-state index in [0.29, 0.717) is 6.04 Å². The van der Waals surface area contributed by atoms with Gasteiger partial charge in [-0.25, -0.2) is 0 Å². The topological polar surface area (TPSA) is 12.0 Å². The highest BCUT2D eigenvalue weighted by Crippen LogP contribution is 2.34. The molecule has 0 radical (unpaired) electrons. The van der Waals surface area contributed by atoms with Gasteiger partial charge in [-0.05, 0) is 24.6 Å². The first-order valence-corrected chi connectivity index (χ1v) is 8.51. The molecule has 0 aliphatic carbocycles. The molecule has 17 heavy (non-hydrogen) atoms. The van der Waals surface area contributed by atoms with Crippen LogP contribution in [0.2, 0.25) is 0 Å². The van der Waals surface area contributed by atoms with Gasteiger partial charge in [-0.2, -0.15) is 23.5 Å². The van der Waals surface area contributed by atoms with E-state index in [1.54, 1.807) is 0 Å². The highest BCUT2D eigenvalue weighted by molar-refractivity contribution is 8.06. The Balaban J connectivity index is 2.18. The highest BCUT2D eigenvalue weighted by Gasteiger charge is 2.25. The van der Waals surface area contributed by atoms with E-state index < -0.39 is 0 Å². The lowest BCUT2D eigenvalue weighted by Gasteiger charge is -2.31. The Morgan fingerprint density at radius 1 is 1.35 bits per heavy atom. The molecule has 1 heterocycles. The van der Waals surface area contributed by atoms with Gasteiger partial charge in [0.25, 0.3) is 0 Å². The molecule has 1 aliphatic rings. The summed E-state index contributed by atoms with van der Waals surface area (Å²) >= 11 is 4.23. The van der Waals surface area contributed by atoms with Crippen LogP contribution in [0.4, 0.5) is 0 Å². The van der Waals surface area contributed by atoms with E-state index in [1.807, 2.05) is 0 Å². The van der Waals surface area contributed by atoms with Gasteiger partial charge < -0.3 is 5.32 Å². The molecule has 0 amide bonds. The molecule has 2 atom stereocenters. The molecule has 0 spiro atoms. The Morgan fingerprint density at radius 3 is 2.82 bits per heavy atom. The molecule has 1 N–H and O–H groups in total. The zero-order valence-electron chi connectivity index (χ0n) is 10.6. The summed E-state index contributed by atoms with van der Waals surface area (Å²) in [7, 11) is 0. The third kappa shape index (κ3) is 3.43. The molecule has 94 valence electrons. The number of rotatable bonds is 4. The van der Waals surface area contributed by atoms with Crippen molar-refractivity contribution < 1.29 is 0 Å². The van der Waals surface area contributed by atoms with Gasteiger partial charge >= 0.3 is 0 Å². The van der Waals surface area contributed by atoms with Gasteiger partial charge in [-0.15, -0.1) is 0 Å².